The molecule has 0 spiro atoms. The van der Waals surface area contributed by atoms with E-state index in [-0.39, 0.29) is 24.3 Å². The molecule has 2 heterocycles. The molecule has 6 heteroatoms. The maximum absolute atomic E-state index is 13.1. The second-order valence-electron chi connectivity index (χ2n) is 9.20. The van der Waals surface area contributed by atoms with Gasteiger partial charge in [-0.15, -0.1) is 0 Å². The smallest absolute Gasteiger partial charge is 0.254 e. The molecule has 2 aliphatic heterocycles. The molecule has 3 atom stereocenters. The van der Waals surface area contributed by atoms with E-state index < -0.39 is 0 Å². The third-order valence-corrected chi connectivity index (χ3v) is 7.25. The SMILES string of the molecule is Cc1ccc(C)c(C(=O)N2CC3CN(C(CC(N)=O)c4ccc(C)c(Cl)c4)CC3C2)c1. The Morgan fingerprint density at radius 1 is 1.00 bits per heavy atom. The summed E-state index contributed by atoms with van der Waals surface area (Å²) in [5.41, 5.74) is 10.6. The van der Waals surface area contributed by atoms with Gasteiger partial charge in [-0.2, -0.15) is 0 Å². The first-order valence-electron chi connectivity index (χ1n) is 10.9. The number of rotatable bonds is 5. The van der Waals surface area contributed by atoms with E-state index in [0.717, 1.165) is 54.0 Å². The van der Waals surface area contributed by atoms with Gasteiger partial charge in [-0.25, -0.2) is 0 Å². The summed E-state index contributed by atoms with van der Waals surface area (Å²) in [5, 5.41) is 0.705. The van der Waals surface area contributed by atoms with E-state index >= 15 is 0 Å². The largest absolute Gasteiger partial charge is 0.370 e. The number of primary amides is 1. The molecule has 164 valence electrons. The molecule has 2 aliphatic rings. The van der Waals surface area contributed by atoms with Crippen LogP contribution in [0.25, 0.3) is 0 Å². The number of hydrogen-bond acceptors (Lipinski definition) is 3. The van der Waals surface area contributed by atoms with Crippen LogP contribution in [-0.4, -0.2) is 47.8 Å². The molecule has 2 aromatic carbocycles. The van der Waals surface area contributed by atoms with Crippen molar-refractivity contribution in [1.29, 1.82) is 0 Å². The highest BCUT2D eigenvalue weighted by molar-refractivity contribution is 6.31. The normalized spacial score (nSPS) is 21.9. The van der Waals surface area contributed by atoms with Crippen molar-refractivity contribution < 1.29 is 9.59 Å². The first-order valence-corrected chi connectivity index (χ1v) is 11.3. The van der Waals surface area contributed by atoms with Gasteiger partial charge in [-0.3, -0.25) is 14.5 Å². The van der Waals surface area contributed by atoms with Gasteiger partial charge in [0, 0.05) is 49.2 Å². The fourth-order valence-corrected chi connectivity index (χ4v) is 5.24. The number of carbonyl (C=O) groups excluding carboxylic acids is 2. The van der Waals surface area contributed by atoms with Crippen LogP contribution in [-0.2, 0) is 4.79 Å². The molecule has 2 amide bonds. The van der Waals surface area contributed by atoms with Crippen LogP contribution in [0.4, 0.5) is 0 Å². The summed E-state index contributed by atoms with van der Waals surface area (Å²) < 4.78 is 0. The number of nitrogens with zero attached hydrogens (tertiary/aromatic N) is 2. The van der Waals surface area contributed by atoms with Crippen molar-refractivity contribution >= 4 is 23.4 Å². The van der Waals surface area contributed by atoms with Crippen molar-refractivity contribution in [2.45, 2.75) is 33.2 Å². The third kappa shape index (κ3) is 4.48. The number of benzene rings is 2. The maximum Gasteiger partial charge on any atom is 0.254 e. The quantitative estimate of drug-likeness (QED) is 0.768. The maximum atomic E-state index is 13.1. The highest BCUT2D eigenvalue weighted by Crippen LogP contribution is 2.38. The highest BCUT2D eigenvalue weighted by Gasteiger charge is 2.44. The van der Waals surface area contributed by atoms with Gasteiger partial charge >= 0.3 is 0 Å². The van der Waals surface area contributed by atoms with Crippen molar-refractivity contribution in [3.8, 4) is 0 Å². The number of carbonyl (C=O) groups is 2. The average molecular weight is 440 g/mol. The molecule has 3 unspecified atom stereocenters. The summed E-state index contributed by atoms with van der Waals surface area (Å²) in [5.74, 6) is 0.627. The van der Waals surface area contributed by atoms with E-state index in [9.17, 15) is 9.59 Å². The van der Waals surface area contributed by atoms with Crippen LogP contribution in [0.5, 0.6) is 0 Å². The van der Waals surface area contributed by atoms with E-state index in [4.69, 9.17) is 17.3 Å². The lowest BCUT2D eigenvalue weighted by molar-refractivity contribution is -0.119. The van der Waals surface area contributed by atoms with Gasteiger partial charge in [0.05, 0.1) is 0 Å². The van der Waals surface area contributed by atoms with Crippen LogP contribution < -0.4 is 5.73 Å². The van der Waals surface area contributed by atoms with E-state index in [1.807, 2.05) is 62.1 Å². The predicted octanol–water partition coefficient (Wildman–Crippen LogP) is 3.89. The van der Waals surface area contributed by atoms with Gasteiger partial charge in [0.1, 0.15) is 0 Å². The molecule has 0 radical (unpaired) electrons. The minimum Gasteiger partial charge on any atom is -0.370 e. The Kier molecular flexibility index (Phi) is 6.09. The highest BCUT2D eigenvalue weighted by atomic mass is 35.5. The summed E-state index contributed by atoms with van der Waals surface area (Å²) in [7, 11) is 0. The van der Waals surface area contributed by atoms with Gasteiger partial charge < -0.3 is 10.6 Å². The third-order valence-electron chi connectivity index (χ3n) is 6.84. The average Bonchev–Trinajstić information content (AvgIpc) is 3.29. The first kappa shape index (κ1) is 21.8. The minimum absolute atomic E-state index is 0.0793. The molecule has 0 saturated carbocycles. The summed E-state index contributed by atoms with van der Waals surface area (Å²) in [6.07, 6.45) is 0.268. The van der Waals surface area contributed by atoms with Gasteiger partial charge in [0.25, 0.3) is 5.91 Å². The number of fused-ring (bicyclic) bond motifs is 1. The number of halogens is 1. The Labute approximate surface area is 189 Å². The summed E-state index contributed by atoms with van der Waals surface area (Å²) in [4.78, 5) is 29.3. The molecule has 4 rings (SSSR count). The topological polar surface area (TPSA) is 66.6 Å². The summed E-state index contributed by atoms with van der Waals surface area (Å²) >= 11 is 6.35. The van der Waals surface area contributed by atoms with Crippen LogP contribution in [0.3, 0.4) is 0 Å². The second-order valence-corrected chi connectivity index (χ2v) is 9.60. The first-order chi connectivity index (χ1) is 14.7. The zero-order chi connectivity index (χ0) is 22.3. The van der Waals surface area contributed by atoms with Gasteiger partial charge in [-0.05, 0) is 61.4 Å². The molecule has 0 bridgehead atoms. The lowest BCUT2D eigenvalue weighted by atomic mass is 10.0. The fraction of sp³-hybridized carbons (Fsp3) is 0.440. The second kappa shape index (κ2) is 8.64. The van der Waals surface area contributed by atoms with E-state index in [2.05, 4.69) is 4.90 Å². The number of amides is 2. The Morgan fingerprint density at radius 2 is 1.65 bits per heavy atom. The Morgan fingerprint density at radius 3 is 2.26 bits per heavy atom. The Balaban J connectivity index is 1.48. The molecule has 2 N–H and O–H groups in total. The number of nitrogens with two attached hydrogens (primary N) is 1. The van der Waals surface area contributed by atoms with Crippen LogP contribution >= 0.6 is 11.6 Å². The van der Waals surface area contributed by atoms with Gasteiger partial charge in [-0.1, -0.05) is 41.4 Å². The number of aryl methyl sites for hydroxylation is 3. The molecule has 2 saturated heterocycles. The van der Waals surface area contributed by atoms with Gasteiger partial charge in [0.15, 0.2) is 0 Å². The lowest BCUT2D eigenvalue weighted by Gasteiger charge is -2.29. The van der Waals surface area contributed by atoms with Crippen LogP contribution in [0.1, 0.15) is 45.1 Å². The Hall–Kier alpha value is -2.37. The van der Waals surface area contributed by atoms with Crippen molar-refractivity contribution in [3.63, 3.8) is 0 Å². The molecule has 5 nitrogen and oxygen atoms in total. The van der Waals surface area contributed by atoms with Crippen molar-refractivity contribution in [3.05, 3.63) is 69.2 Å². The van der Waals surface area contributed by atoms with Crippen LogP contribution in [0, 0.1) is 32.6 Å². The zero-order valence-electron chi connectivity index (χ0n) is 18.4. The van der Waals surface area contributed by atoms with E-state index in [1.165, 1.54) is 0 Å². The lowest BCUT2D eigenvalue weighted by Crippen LogP contribution is -2.36. The standard InChI is InChI=1S/C25H30ClN3O2/c1-15-4-5-16(2)21(8-15)25(31)29-13-19-11-28(12-20(19)14-29)23(10-24(27)30)18-7-6-17(3)22(26)9-18/h4-9,19-20,23H,10-14H2,1-3H3,(H2,27,30). The number of hydrogen-bond donors (Lipinski definition) is 1. The predicted molar refractivity (Wildman–Crippen MR) is 123 cm³/mol. The van der Waals surface area contributed by atoms with Crippen molar-refractivity contribution in [2.75, 3.05) is 26.2 Å². The van der Waals surface area contributed by atoms with Crippen LogP contribution in [0.15, 0.2) is 36.4 Å². The van der Waals surface area contributed by atoms with Gasteiger partial charge in [0.2, 0.25) is 5.91 Å². The minimum atomic E-state index is -0.314. The fourth-order valence-electron chi connectivity index (χ4n) is 5.05. The van der Waals surface area contributed by atoms with E-state index in [0.29, 0.717) is 16.9 Å². The van der Waals surface area contributed by atoms with Crippen LogP contribution in [0.2, 0.25) is 5.02 Å². The van der Waals surface area contributed by atoms with E-state index in [1.54, 1.807) is 0 Å². The molecule has 0 aliphatic carbocycles. The Bertz CT molecular complexity index is 1010. The molecular weight excluding hydrogens is 410 g/mol. The summed E-state index contributed by atoms with van der Waals surface area (Å²) in [6.45, 7) is 9.19. The molecule has 0 aromatic heterocycles. The number of likely N-dealkylation sites (tertiary alicyclic amines) is 2. The van der Waals surface area contributed by atoms with Crippen molar-refractivity contribution in [1.82, 2.24) is 9.80 Å². The molecular formula is C25H30ClN3O2. The monoisotopic (exact) mass is 439 g/mol. The summed E-state index contributed by atoms with van der Waals surface area (Å²) in [6, 6.07) is 12.0. The molecule has 31 heavy (non-hydrogen) atoms. The molecule has 2 fully saturated rings. The zero-order valence-corrected chi connectivity index (χ0v) is 19.2. The molecule has 2 aromatic rings. The van der Waals surface area contributed by atoms with Crippen molar-refractivity contribution in [2.24, 2.45) is 17.6 Å².